The Labute approximate surface area is 125 Å². The molecule has 114 valence electrons. The fraction of sp³-hybridized carbons (Fsp3) is 0.692. The maximum atomic E-state index is 13.1. The molecule has 0 aliphatic rings. The van der Waals surface area contributed by atoms with Crippen LogP contribution in [0.5, 0.6) is 0 Å². The third-order valence-corrected chi connectivity index (χ3v) is 3.07. The summed E-state index contributed by atoms with van der Waals surface area (Å²) >= 11 is 2.99. The fourth-order valence-corrected chi connectivity index (χ4v) is 2.52. The van der Waals surface area contributed by atoms with Crippen molar-refractivity contribution in [1.29, 1.82) is 0 Å². The largest absolute Gasteiger partial charge is 0.434 e. The average Bonchev–Trinajstić information content (AvgIpc) is 2.14. The van der Waals surface area contributed by atoms with Gasteiger partial charge in [-0.05, 0) is 36.7 Å². The molecule has 1 heterocycles. The van der Waals surface area contributed by atoms with Crippen molar-refractivity contribution in [3.8, 4) is 0 Å². The van der Waals surface area contributed by atoms with Crippen LogP contribution < -0.4 is 5.32 Å². The number of aromatic nitrogens is 2. The van der Waals surface area contributed by atoms with Crippen molar-refractivity contribution in [3.63, 3.8) is 0 Å². The second kappa shape index (κ2) is 5.16. The van der Waals surface area contributed by atoms with Crippen molar-refractivity contribution in [3.05, 3.63) is 15.9 Å². The first-order chi connectivity index (χ1) is 8.72. The molecule has 20 heavy (non-hydrogen) atoms. The first-order valence-corrected chi connectivity index (χ1v) is 6.94. The van der Waals surface area contributed by atoms with Gasteiger partial charge in [-0.3, -0.25) is 0 Å². The predicted molar refractivity (Wildman–Crippen MR) is 76.8 cm³/mol. The van der Waals surface area contributed by atoms with Gasteiger partial charge in [0.2, 0.25) is 5.95 Å². The smallest absolute Gasteiger partial charge is 0.350 e. The molecule has 1 aromatic heterocycles. The van der Waals surface area contributed by atoms with Crippen LogP contribution in [0.1, 0.15) is 52.9 Å². The van der Waals surface area contributed by atoms with E-state index in [4.69, 9.17) is 0 Å². The Bertz CT molecular complexity index is 464. The van der Waals surface area contributed by atoms with Gasteiger partial charge >= 0.3 is 6.18 Å². The van der Waals surface area contributed by atoms with Crippen LogP contribution in [-0.4, -0.2) is 15.5 Å². The molecule has 1 N–H and O–H groups in total. The second-order valence-electron chi connectivity index (χ2n) is 6.68. The van der Waals surface area contributed by atoms with Crippen LogP contribution in [0.25, 0.3) is 0 Å². The zero-order valence-electron chi connectivity index (χ0n) is 12.4. The highest BCUT2D eigenvalue weighted by Crippen LogP contribution is 2.39. The number of nitrogens with one attached hydrogen (secondary N) is 1. The molecule has 0 aromatic carbocycles. The zero-order valence-corrected chi connectivity index (χ0v) is 14.0. The Morgan fingerprint density at radius 3 is 1.70 bits per heavy atom. The van der Waals surface area contributed by atoms with Crippen LogP contribution in [0.3, 0.4) is 0 Å². The lowest BCUT2D eigenvalue weighted by atomic mass is 9.91. The lowest BCUT2D eigenvalue weighted by molar-refractivity contribution is -0.141. The van der Waals surface area contributed by atoms with Crippen molar-refractivity contribution >= 4 is 21.9 Å². The summed E-state index contributed by atoms with van der Waals surface area (Å²) in [5.41, 5.74) is -1.59. The Hall–Kier alpha value is -0.850. The summed E-state index contributed by atoms with van der Waals surface area (Å²) in [5.74, 6) is -0.0158. The maximum Gasteiger partial charge on any atom is 0.434 e. The minimum atomic E-state index is -4.53. The molecule has 0 aliphatic heterocycles. The third kappa shape index (κ3) is 4.33. The average molecular weight is 354 g/mol. The van der Waals surface area contributed by atoms with Gasteiger partial charge in [-0.15, -0.1) is 0 Å². The number of hydrogen-bond donors (Lipinski definition) is 1. The molecule has 7 heteroatoms. The molecular weight excluding hydrogens is 335 g/mol. The summed E-state index contributed by atoms with van der Waals surface area (Å²) < 4.78 is 39.1. The van der Waals surface area contributed by atoms with E-state index in [2.05, 4.69) is 31.2 Å². The highest BCUT2D eigenvalue weighted by atomic mass is 79.9. The summed E-state index contributed by atoms with van der Waals surface area (Å²) in [7, 11) is 0. The quantitative estimate of drug-likeness (QED) is 0.790. The second-order valence-corrected chi connectivity index (χ2v) is 7.47. The normalized spacial score (nSPS) is 13.5. The Kier molecular flexibility index (Phi) is 4.44. The first-order valence-electron chi connectivity index (χ1n) is 6.15. The summed E-state index contributed by atoms with van der Waals surface area (Å²) in [6, 6.07) is 0. The predicted octanol–water partition coefficient (Wildman–Crippen LogP) is 4.77. The number of rotatable bonds is 1. The summed E-state index contributed by atoms with van der Waals surface area (Å²) in [6.07, 6.45) is -4.53. The van der Waals surface area contributed by atoms with E-state index >= 15 is 0 Å². The number of nitrogens with zero attached hydrogens (tertiary/aromatic N) is 2. The molecule has 1 aromatic rings. The van der Waals surface area contributed by atoms with E-state index in [1.54, 1.807) is 20.8 Å². The molecule has 0 bridgehead atoms. The molecule has 0 aliphatic carbocycles. The van der Waals surface area contributed by atoms with Crippen molar-refractivity contribution in [2.75, 3.05) is 5.32 Å². The van der Waals surface area contributed by atoms with Gasteiger partial charge in [-0.25, -0.2) is 9.97 Å². The van der Waals surface area contributed by atoms with Gasteiger partial charge in [0.1, 0.15) is 0 Å². The lowest BCUT2D eigenvalue weighted by Gasteiger charge is -2.25. The van der Waals surface area contributed by atoms with E-state index < -0.39 is 22.8 Å². The maximum absolute atomic E-state index is 13.1. The lowest BCUT2D eigenvalue weighted by Crippen LogP contribution is -2.29. The van der Waals surface area contributed by atoms with Crippen molar-refractivity contribution in [2.24, 2.45) is 0 Å². The summed E-state index contributed by atoms with van der Waals surface area (Å²) in [6.45, 7) is 10.9. The fourth-order valence-electron chi connectivity index (χ4n) is 1.52. The highest BCUT2D eigenvalue weighted by molar-refractivity contribution is 9.10. The Morgan fingerprint density at radius 2 is 1.35 bits per heavy atom. The topological polar surface area (TPSA) is 37.8 Å². The molecule has 0 radical (unpaired) electrons. The molecular formula is C13H19BrF3N3. The molecule has 0 atom stereocenters. The van der Waals surface area contributed by atoms with E-state index in [1.807, 2.05) is 20.8 Å². The minimum absolute atomic E-state index is 0.0158. The van der Waals surface area contributed by atoms with Crippen LogP contribution >= 0.6 is 15.9 Å². The monoisotopic (exact) mass is 353 g/mol. The van der Waals surface area contributed by atoms with Crippen molar-refractivity contribution < 1.29 is 13.2 Å². The SMILES string of the molecule is CC(C)(C)Nc1nc(C(C)(C)C)c(Br)c(C(F)(F)F)n1. The molecule has 0 spiro atoms. The van der Waals surface area contributed by atoms with Gasteiger partial charge in [0.25, 0.3) is 0 Å². The van der Waals surface area contributed by atoms with Gasteiger partial charge in [-0.1, -0.05) is 20.8 Å². The van der Waals surface area contributed by atoms with E-state index in [0.717, 1.165) is 0 Å². The van der Waals surface area contributed by atoms with Crippen molar-refractivity contribution in [1.82, 2.24) is 9.97 Å². The third-order valence-electron chi connectivity index (χ3n) is 2.32. The summed E-state index contributed by atoms with van der Waals surface area (Å²) in [5, 5.41) is 2.89. The zero-order chi connectivity index (χ0) is 15.9. The summed E-state index contributed by atoms with van der Waals surface area (Å²) in [4.78, 5) is 7.84. The molecule has 0 saturated heterocycles. The molecule has 1 rings (SSSR count). The number of halogens is 4. The molecule has 0 amide bonds. The van der Waals surface area contributed by atoms with Gasteiger partial charge in [-0.2, -0.15) is 13.2 Å². The van der Waals surface area contributed by atoms with Crippen molar-refractivity contribution in [2.45, 2.75) is 58.7 Å². The van der Waals surface area contributed by atoms with Gasteiger partial charge in [0.15, 0.2) is 5.69 Å². The van der Waals surface area contributed by atoms with E-state index in [9.17, 15) is 13.2 Å². The molecule has 0 fully saturated rings. The van der Waals surface area contributed by atoms with E-state index in [-0.39, 0.29) is 10.4 Å². The number of hydrogen-bond acceptors (Lipinski definition) is 3. The standard InChI is InChI=1S/C13H19BrF3N3/c1-11(2,3)8-7(14)9(13(15,16)17)19-10(18-8)20-12(4,5)6/h1-6H3,(H,18,19,20). The van der Waals surface area contributed by atoms with Gasteiger partial charge in [0.05, 0.1) is 10.2 Å². The molecule has 0 saturated carbocycles. The van der Waals surface area contributed by atoms with Crippen LogP contribution in [0.15, 0.2) is 4.47 Å². The Balaban J connectivity index is 3.51. The molecule has 3 nitrogen and oxygen atoms in total. The number of alkyl halides is 3. The van der Waals surface area contributed by atoms with E-state index in [0.29, 0.717) is 5.69 Å². The number of anilines is 1. The van der Waals surface area contributed by atoms with Crippen LogP contribution in [0.2, 0.25) is 0 Å². The minimum Gasteiger partial charge on any atom is -0.350 e. The Morgan fingerprint density at radius 1 is 0.900 bits per heavy atom. The van der Waals surface area contributed by atoms with E-state index in [1.165, 1.54) is 0 Å². The van der Waals surface area contributed by atoms with Crippen LogP contribution in [0, 0.1) is 0 Å². The van der Waals surface area contributed by atoms with Crippen LogP contribution in [0.4, 0.5) is 19.1 Å². The molecule has 0 unspecified atom stereocenters. The highest BCUT2D eigenvalue weighted by Gasteiger charge is 2.39. The first kappa shape index (κ1) is 17.2. The van der Waals surface area contributed by atoms with Crippen LogP contribution in [-0.2, 0) is 11.6 Å². The van der Waals surface area contributed by atoms with Gasteiger partial charge in [0, 0.05) is 11.0 Å². The van der Waals surface area contributed by atoms with Gasteiger partial charge < -0.3 is 5.32 Å².